The second-order valence-corrected chi connectivity index (χ2v) is 5.78. The van der Waals surface area contributed by atoms with Gasteiger partial charge in [0.05, 0.1) is 11.5 Å². The zero-order valence-electron chi connectivity index (χ0n) is 13.3. The molecule has 0 bridgehead atoms. The predicted molar refractivity (Wildman–Crippen MR) is 87.0 cm³/mol. The van der Waals surface area contributed by atoms with Crippen LogP contribution >= 0.6 is 11.3 Å². The first kappa shape index (κ1) is 17.5. The number of nitrogens with zero attached hydrogens (tertiary/aromatic N) is 3. The van der Waals surface area contributed by atoms with Gasteiger partial charge >= 0.3 is 5.97 Å². The molecule has 0 spiro atoms. The summed E-state index contributed by atoms with van der Waals surface area (Å²) in [6.45, 7) is 3.68. The number of carbonyl (C=O) groups is 2. The maximum Gasteiger partial charge on any atom is 0.350 e. The molecule has 0 N–H and O–H groups in total. The lowest BCUT2D eigenvalue weighted by molar-refractivity contribution is -0.384. The molecule has 0 saturated carbocycles. The van der Waals surface area contributed by atoms with Crippen molar-refractivity contribution in [3.05, 3.63) is 55.3 Å². The van der Waals surface area contributed by atoms with E-state index in [9.17, 15) is 19.7 Å². The number of nitro benzene ring substituents is 1. The number of thiazole rings is 1. The van der Waals surface area contributed by atoms with Gasteiger partial charge in [-0.1, -0.05) is 17.4 Å². The minimum Gasteiger partial charge on any atom is -0.462 e. The Bertz CT molecular complexity index is 881. The van der Waals surface area contributed by atoms with E-state index in [1.165, 1.54) is 24.3 Å². The van der Waals surface area contributed by atoms with Crippen molar-refractivity contribution in [1.29, 1.82) is 0 Å². The van der Waals surface area contributed by atoms with E-state index in [0.717, 1.165) is 11.3 Å². The summed E-state index contributed by atoms with van der Waals surface area (Å²) in [5.41, 5.74) is 0.548. The summed E-state index contributed by atoms with van der Waals surface area (Å²) in [6, 6.07) is 5.33. The molecule has 0 aliphatic carbocycles. The van der Waals surface area contributed by atoms with Crippen LogP contribution in [-0.4, -0.2) is 28.0 Å². The third-order valence-corrected chi connectivity index (χ3v) is 4.49. The minimum absolute atomic E-state index is 0.105. The molecule has 0 aliphatic heterocycles. The Morgan fingerprint density at radius 1 is 1.42 bits per heavy atom. The molecule has 0 saturated heterocycles. The molecule has 2 rings (SSSR count). The van der Waals surface area contributed by atoms with Crippen LogP contribution in [0.5, 0.6) is 0 Å². The van der Waals surface area contributed by atoms with Crippen LogP contribution in [0.4, 0.5) is 5.69 Å². The third kappa shape index (κ3) is 3.57. The van der Waals surface area contributed by atoms with Gasteiger partial charge in [0.15, 0.2) is 4.80 Å². The molecule has 1 aromatic heterocycles. The Balaban J connectivity index is 2.43. The van der Waals surface area contributed by atoms with Crippen molar-refractivity contribution in [3.8, 4) is 0 Å². The zero-order chi connectivity index (χ0) is 17.9. The average Bonchev–Trinajstić information content (AvgIpc) is 2.83. The van der Waals surface area contributed by atoms with Crippen molar-refractivity contribution >= 4 is 28.9 Å². The zero-order valence-corrected chi connectivity index (χ0v) is 14.1. The molecule has 126 valence electrons. The summed E-state index contributed by atoms with van der Waals surface area (Å²) in [5, 5.41) is 10.8. The molecule has 2 aromatic rings. The Hall–Kier alpha value is -2.81. The van der Waals surface area contributed by atoms with Crippen molar-refractivity contribution in [1.82, 2.24) is 4.57 Å². The highest BCUT2D eigenvalue weighted by atomic mass is 32.1. The summed E-state index contributed by atoms with van der Waals surface area (Å²) in [4.78, 5) is 39.0. The van der Waals surface area contributed by atoms with Gasteiger partial charge in [0.25, 0.3) is 11.6 Å². The standard InChI is InChI=1S/C15H15N3O5S/c1-4-23-14(20)12-9(2)17(3)15(24-12)16-13(19)10-6-5-7-11(8-10)18(21)22/h5-8H,4H2,1-3H3. The van der Waals surface area contributed by atoms with Gasteiger partial charge in [0.2, 0.25) is 0 Å². The summed E-state index contributed by atoms with van der Waals surface area (Å²) in [6.07, 6.45) is 0. The van der Waals surface area contributed by atoms with Crippen molar-refractivity contribution in [2.24, 2.45) is 12.0 Å². The molecule has 9 heteroatoms. The molecular weight excluding hydrogens is 334 g/mol. The fraction of sp³-hybridized carbons (Fsp3) is 0.267. The molecule has 1 aromatic carbocycles. The predicted octanol–water partition coefficient (Wildman–Crippen LogP) is 2.22. The SMILES string of the molecule is CCOC(=O)c1sc(=NC(=O)c2cccc([N+](=O)[O-])c2)n(C)c1C. The van der Waals surface area contributed by atoms with Gasteiger partial charge in [-0.05, 0) is 19.9 Å². The highest BCUT2D eigenvalue weighted by Crippen LogP contribution is 2.15. The second kappa shape index (κ2) is 7.18. The fourth-order valence-electron chi connectivity index (χ4n) is 1.92. The molecule has 1 heterocycles. The Kier molecular flexibility index (Phi) is 5.24. The smallest absolute Gasteiger partial charge is 0.350 e. The summed E-state index contributed by atoms with van der Waals surface area (Å²) >= 11 is 1.03. The number of non-ortho nitro benzene ring substituents is 1. The van der Waals surface area contributed by atoms with Crippen LogP contribution in [0.15, 0.2) is 29.3 Å². The van der Waals surface area contributed by atoms with Crippen LogP contribution in [-0.2, 0) is 11.8 Å². The maximum atomic E-state index is 12.2. The molecule has 0 atom stereocenters. The normalized spacial score (nSPS) is 11.4. The number of esters is 1. The number of ether oxygens (including phenoxy) is 1. The number of carbonyl (C=O) groups excluding carboxylic acids is 2. The van der Waals surface area contributed by atoms with Gasteiger partial charge in [-0.2, -0.15) is 4.99 Å². The monoisotopic (exact) mass is 349 g/mol. The first-order chi connectivity index (χ1) is 11.3. The average molecular weight is 349 g/mol. The van der Waals surface area contributed by atoms with Gasteiger partial charge in [-0.25, -0.2) is 4.79 Å². The number of nitro groups is 1. The van der Waals surface area contributed by atoms with Crippen LogP contribution in [0.2, 0.25) is 0 Å². The van der Waals surface area contributed by atoms with Crippen molar-refractivity contribution in [2.45, 2.75) is 13.8 Å². The van der Waals surface area contributed by atoms with E-state index in [4.69, 9.17) is 4.74 Å². The van der Waals surface area contributed by atoms with Crippen molar-refractivity contribution < 1.29 is 19.2 Å². The van der Waals surface area contributed by atoms with E-state index in [1.807, 2.05) is 0 Å². The van der Waals surface area contributed by atoms with Gasteiger partial charge < -0.3 is 9.30 Å². The molecule has 0 radical (unpaired) electrons. The van der Waals surface area contributed by atoms with Crippen LogP contribution in [0, 0.1) is 17.0 Å². The Morgan fingerprint density at radius 3 is 2.75 bits per heavy atom. The third-order valence-electron chi connectivity index (χ3n) is 3.27. The lowest BCUT2D eigenvalue weighted by Gasteiger charge is -2.00. The second-order valence-electron chi connectivity index (χ2n) is 4.80. The van der Waals surface area contributed by atoms with Gasteiger partial charge in [0.1, 0.15) is 4.88 Å². The minimum atomic E-state index is -0.619. The number of hydrogen-bond acceptors (Lipinski definition) is 6. The summed E-state index contributed by atoms with van der Waals surface area (Å²) in [7, 11) is 1.67. The van der Waals surface area contributed by atoms with Crippen LogP contribution in [0.25, 0.3) is 0 Å². The van der Waals surface area contributed by atoms with Crippen LogP contribution in [0.3, 0.4) is 0 Å². The van der Waals surface area contributed by atoms with E-state index in [-0.39, 0.29) is 17.9 Å². The first-order valence-corrected chi connectivity index (χ1v) is 7.83. The van der Waals surface area contributed by atoms with Crippen LogP contribution in [0.1, 0.15) is 32.6 Å². The summed E-state index contributed by atoms with van der Waals surface area (Å²) in [5.74, 6) is -1.09. The van der Waals surface area contributed by atoms with Gasteiger partial charge in [-0.15, -0.1) is 0 Å². The quantitative estimate of drug-likeness (QED) is 0.478. The van der Waals surface area contributed by atoms with E-state index < -0.39 is 16.8 Å². The summed E-state index contributed by atoms with van der Waals surface area (Å²) < 4.78 is 6.57. The van der Waals surface area contributed by atoms with Crippen molar-refractivity contribution in [3.63, 3.8) is 0 Å². The number of hydrogen-bond donors (Lipinski definition) is 0. The molecule has 24 heavy (non-hydrogen) atoms. The number of amides is 1. The topological polar surface area (TPSA) is 104 Å². The molecule has 8 nitrogen and oxygen atoms in total. The Labute approximate surface area is 141 Å². The number of aromatic nitrogens is 1. The van der Waals surface area contributed by atoms with E-state index in [2.05, 4.69) is 4.99 Å². The fourth-order valence-corrected chi connectivity index (χ4v) is 2.93. The first-order valence-electron chi connectivity index (χ1n) is 7.02. The molecule has 0 unspecified atom stereocenters. The van der Waals surface area contributed by atoms with Gasteiger partial charge in [0, 0.05) is 30.4 Å². The number of rotatable bonds is 4. The highest BCUT2D eigenvalue weighted by Gasteiger charge is 2.17. The maximum absolute atomic E-state index is 12.2. The molecule has 0 fully saturated rings. The largest absolute Gasteiger partial charge is 0.462 e. The lowest BCUT2D eigenvalue weighted by atomic mass is 10.2. The Morgan fingerprint density at radius 2 is 2.12 bits per heavy atom. The molecule has 0 aliphatic rings. The lowest BCUT2D eigenvalue weighted by Crippen LogP contribution is -2.14. The number of benzene rings is 1. The van der Waals surface area contributed by atoms with E-state index in [1.54, 1.807) is 25.5 Å². The van der Waals surface area contributed by atoms with Crippen molar-refractivity contribution in [2.75, 3.05) is 6.61 Å². The van der Waals surface area contributed by atoms with E-state index in [0.29, 0.717) is 15.4 Å². The van der Waals surface area contributed by atoms with Gasteiger partial charge in [-0.3, -0.25) is 14.9 Å². The highest BCUT2D eigenvalue weighted by molar-refractivity contribution is 7.11. The molecule has 1 amide bonds. The molecular formula is C15H15N3O5S. The van der Waals surface area contributed by atoms with Crippen LogP contribution < -0.4 is 4.80 Å². The van der Waals surface area contributed by atoms with E-state index >= 15 is 0 Å².